The zero-order valence-electron chi connectivity index (χ0n) is 11.2. The van der Waals surface area contributed by atoms with Gasteiger partial charge in [-0.15, -0.1) is 0 Å². The lowest BCUT2D eigenvalue weighted by Crippen LogP contribution is -2.10. The lowest BCUT2D eigenvalue weighted by molar-refractivity contribution is 0.100. The van der Waals surface area contributed by atoms with Gasteiger partial charge in [0.2, 0.25) is 11.8 Å². The maximum atomic E-state index is 11.0. The highest BCUT2D eigenvalue weighted by molar-refractivity contribution is 5.92. The van der Waals surface area contributed by atoms with Gasteiger partial charge >= 0.3 is 0 Å². The van der Waals surface area contributed by atoms with Crippen LogP contribution in [0.1, 0.15) is 29.3 Å². The molecule has 0 aliphatic heterocycles. The lowest BCUT2D eigenvalue weighted by atomic mass is 10.2. The Bertz CT molecular complexity index is 611. The van der Waals surface area contributed by atoms with Gasteiger partial charge in [0.25, 0.3) is 0 Å². The van der Waals surface area contributed by atoms with E-state index >= 15 is 0 Å². The van der Waals surface area contributed by atoms with Crippen LogP contribution >= 0.6 is 0 Å². The number of anilines is 1. The molecule has 2 rings (SSSR count). The number of benzene rings is 1. The van der Waals surface area contributed by atoms with Crippen LogP contribution in [0.2, 0.25) is 0 Å². The van der Waals surface area contributed by atoms with Crippen LogP contribution in [0.4, 0.5) is 5.82 Å². The summed E-state index contributed by atoms with van der Waals surface area (Å²) in [5.41, 5.74) is 12.2. The normalized spacial score (nSPS) is 10.2. The zero-order valence-corrected chi connectivity index (χ0v) is 11.2. The summed E-state index contributed by atoms with van der Waals surface area (Å²) in [7, 11) is 0. The quantitative estimate of drug-likeness (QED) is 0.865. The molecule has 6 heteroatoms. The van der Waals surface area contributed by atoms with Crippen molar-refractivity contribution in [1.29, 1.82) is 0 Å². The molecule has 0 saturated heterocycles. The third kappa shape index (κ3) is 3.03. The van der Waals surface area contributed by atoms with E-state index in [1.807, 2.05) is 6.92 Å². The number of nitrogens with zero attached hydrogens (tertiary/aromatic N) is 2. The monoisotopic (exact) mass is 272 g/mol. The number of hydrogen-bond donors (Lipinski definition) is 2. The summed E-state index contributed by atoms with van der Waals surface area (Å²) in [6.45, 7) is 2.04. The molecule has 4 N–H and O–H groups in total. The third-order valence-corrected chi connectivity index (χ3v) is 2.79. The summed E-state index contributed by atoms with van der Waals surface area (Å²) in [5.74, 6) is 0.941. The van der Waals surface area contributed by atoms with Crippen LogP contribution in [0, 0.1) is 0 Å². The first-order valence-corrected chi connectivity index (χ1v) is 6.29. The van der Waals surface area contributed by atoms with Crippen molar-refractivity contribution in [1.82, 2.24) is 9.97 Å². The van der Waals surface area contributed by atoms with Gasteiger partial charge in [0.05, 0.1) is 5.56 Å². The molecule has 6 nitrogen and oxygen atoms in total. The van der Waals surface area contributed by atoms with Gasteiger partial charge in [-0.3, -0.25) is 4.79 Å². The molecule has 0 aliphatic carbocycles. The van der Waals surface area contributed by atoms with Gasteiger partial charge in [-0.25, -0.2) is 9.97 Å². The van der Waals surface area contributed by atoms with Gasteiger partial charge in [0.15, 0.2) is 0 Å². The van der Waals surface area contributed by atoms with E-state index in [1.54, 1.807) is 24.3 Å². The fraction of sp³-hybridized carbons (Fsp3) is 0.214. The molecule has 1 heterocycles. The Morgan fingerprint density at radius 2 is 1.95 bits per heavy atom. The van der Waals surface area contributed by atoms with Crippen molar-refractivity contribution < 1.29 is 9.53 Å². The Morgan fingerprint density at radius 1 is 1.25 bits per heavy atom. The molecular formula is C14H16N4O2. The van der Waals surface area contributed by atoms with Crippen molar-refractivity contribution in [3.8, 4) is 11.6 Å². The maximum Gasteiger partial charge on any atom is 0.248 e. The fourth-order valence-corrected chi connectivity index (χ4v) is 1.78. The van der Waals surface area contributed by atoms with Gasteiger partial charge in [-0.1, -0.05) is 13.3 Å². The summed E-state index contributed by atoms with van der Waals surface area (Å²) in [6.07, 6.45) is 3.01. The number of rotatable bonds is 5. The van der Waals surface area contributed by atoms with Crippen LogP contribution in [0.15, 0.2) is 30.6 Å². The topological polar surface area (TPSA) is 104 Å². The Balaban J connectivity index is 2.25. The number of nitrogen functional groups attached to an aromatic ring is 1. The van der Waals surface area contributed by atoms with Crippen molar-refractivity contribution >= 4 is 11.7 Å². The Kier molecular flexibility index (Phi) is 4.14. The highest BCUT2D eigenvalue weighted by Gasteiger charge is 2.11. The molecule has 0 unspecified atom stereocenters. The molecule has 0 fully saturated rings. The Labute approximate surface area is 116 Å². The van der Waals surface area contributed by atoms with Crippen molar-refractivity contribution in [2.45, 2.75) is 19.8 Å². The zero-order chi connectivity index (χ0) is 14.5. The molecule has 0 bridgehead atoms. The van der Waals surface area contributed by atoms with Gasteiger partial charge in [0, 0.05) is 5.56 Å². The predicted octanol–water partition coefficient (Wildman–Crippen LogP) is 1.90. The van der Waals surface area contributed by atoms with E-state index in [4.69, 9.17) is 16.2 Å². The van der Waals surface area contributed by atoms with E-state index in [0.29, 0.717) is 23.0 Å². The van der Waals surface area contributed by atoms with E-state index in [2.05, 4.69) is 9.97 Å². The highest BCUT2D eigenvalue weighted by atomic mass is 16.5. The number of aromatic nitrogens is 2. The van der Waals surface area contributed by atoms with Crippen LogP contribution in [0.3, 0.4) is 0 Å². The molecule has 2 aromatic rings. The lowest BCUT2D eigenvalue weighted by Gasteiger charge is -2.10. The molecule has 104 valence electrons. The average molecular weight is 272 g/mol. The average Bonchev–Trinajstić information content (AvgIpc) is 2.43. The molecule has 0 saturated carbocycles. The fourth-order valence-electron chi connectivity index (χ4n) is 1.78. The molecule has 0 atom stereocenters. The molecular weight excluding hydrogens is 256 g/mol. The smallest absolute Gasteiger partial charge is 0.248 e. The van der Waals surface area contributed by atoms with Gasteiger partial charge in [0.1, 0.15) is 17.9 Å². The second-order valence-electron chi connectivity index (χ2n) is 4.28. The van der Waals surface area contributed by atoms with E-state index < -0.39 is 5.91 Å². The minimum absolute atomic E-state index is 0.422. The van der Waals surface area contributed by atoms with Gasteiger partial charge in [-0.2, -0.15) is 0 Å². The van der Waals surface area contributed by atoms with Crippen LogP contribution in [0.5, 0.6) is 11.6 Å². The molecule has 1 aromatic carbocycles. The van der Waals surface area contributed by atoms with Crippen LogP contribution in [-0.2, 0) is 6.42 Å². The minimum atomic E-state index is -0.477. The SMILES string of the molecule is CCCc1c(N)ncnc1Oc1ccc(C(N)=O)cc1. The van der Waals surface area contributed by atoms with Crippen molar-refractivity contribution in [2.75, 3.05) is 5.73 Å². The molecule has 0 aliphatic rings. The number of amides is 1. The van der Waals surface area contributed by atoms with Crippen molar-refractivity contribution in [3.63, 3.8) is 0 Å². The summed E-state index contributed by atoms with van der Waals surface area (Å²) >= 11 is 0. The largest absolute Gasteiger partial charge is 0.439 e. The first-order valence-electron chi connectivity index (χ1n) is 6.29. The molecule has 1 aromatic heterocycles. The van der Waals surface area contributed by atoms with E-state index in [9.17, 15) is 4.79 Å². The Morgan fingerprint density at radius 3 is 2.55 bits per heavy atom. The number of nitrogens with two attached hydrogens (primary N) is 2. The van der Waals surface area contributed by atoms with E-state index in [0.717, 1.165) is 18.4 Å². The predicted molar refractivity (Wildman–Crippen MR) is 75.5 cm³/mol. The second kappa shape index (κ2) is 6.01. The first-order chi connectivity index (χ1) is 9.61. The number of primary amides is 1. The summed E-state index contributed by atoms with van der Waals surface area (Å²) in [5, 5.41) is 0. The third-order valence-electron chi connectivity index (χ3n) is 2.79. The molecule has 0 radical (unpaired) electrons. The second-order valence-corrected chi connectivity index (χ2v) is 4.28. The summed E-state index contributed by atoms with van der Waals surface area (Å²) < 4.78 is 5.69. The highest BCUT2D eigenvalue weighted by Crippen LogP contribution is 2.26. The maximum absolute atomic E-state index is 11.0. The van der Waals surface area contributed by atoms with Crippen LogP contribution < -0.4 is 16.2 Å². The number of carbonyl (C=O) groups excluding carboxylic acids is 1. The number of hydrogen-bond acceptors (Lipinski definition) is 5. The van der Waals surface area contributed by atoms with Crippen LogP contribution in [0.25, 0.3) is 0 Å². The van der Waals surface area contributed by atoms with Gasteiger partial charge < -0.3 is 16.2 Å². The number of carbonyl (C=O) groups is 1. The first kappa shape index (κ1) is 13.8. The standard InChI is InChI=1S/C14H16N4O2/c1-2-3-11-12(15)17-8-18-14(11)20-10-6-4-9(5-7-10)13(16)19/h4-8H,2-3H2,1H3,(H2,16,19)(H2,15,17,18). The van der Waals surface area contributed by atoms with E-state index in [1.165, 1.54) is 6.33 Å². The minimum Gasteiger partial charge on any atom is -0.439 e. The molecule has 1 amide bonds. The van der Waals surface area contributed by atoms with Crippen LogP contribution in [-0.4, -0.2) is 15.9 Å². The molecule has 0 spiro atoms. The summed E-state index contributed by atoms with van der Waals surface area (Å²) in [4.78, 5) is 19.1. The van der Waals surface area contributed by atoms with Gasteiger partial charge in [-0.05, 0) is 30.7 Å². The van der Waals surface area contributed by atoms with E-state index in [-0.39, 0.29) is 0 Å². The van der Waals surface area contributed by atoms with Crippen molar-refractivity contribution in [3.05, 3.63) is 41.7 Å². The summed E-state index contributed by atoms with van der Waals surface area (Å²) in [6, 6.07) is 6.52. The van der Waals surface area contributed by atoms with Crippen molar-refractivity contribution in [2.24, 2.45) is 5.73 Å². The molecule has 20 heavy (non-hydrogen) atoms. The Hall–Kier alpha value is -2.63. The number of ether oxygens (including phenoxy) is 1.